The van der Waals surface area contributed by atoms with E-state index in [0.717, 1.165) is 11.1 Å². The van der Waals surface area contributed by atoms with E-state index in [1.165, 1.54) is 11.9 Å². The zero-order valence-corrected chi connectivity index (χ0v) is 22.5. The lowest BCUT2D eigenvalue weighted by atomic mass is 10.0. The molecule has 0 spiro atoms. The predicted octanol–water partition coefficient (Wildman–Crippen LogP) is 5.00. The highest BCUT2D eigenvalue weighted by molar-refractivity contribution is 5.82. The highest BCUT2D eigenvalue weighted by Crippen LogP contribution is 2.37. The van der Waals surface area contributed by atoms with Gasteiger partial charge in [-0.3, -0.25) is 4.68 Å². The van der Waals surface area contributed by atoms with Gasteiger partial charge in [0.05, 0.1) is 16.8 Å². The molecule has 2 heterocycles. The van der Waals surface area contributed by atoms with Crippen molar-refractivity contribution in [1.29, 1.82) is 0 Å². The highest BCUT2D eigenvalue weighted by atomic mass is 19.4. The summed E-state index contributed by atoms with van der Waals surface area (Å²) in [6.45, 7) is 7.99. The van der Waals surface area contributed by atoms with Crippen molar-refractivity contribution in [3.8, 4) is 0 Å². The first-order valence-electron chi connectivity index (χ1n) is 12.2. The lowest BCUT2D eigenvalue weighted by Gasteiger charge is -2.31. The predicted molar refractivity (Wildman–Crippen MR) is 138 cm³/mol. The molecule has 0 amide bonds. The lowest BCUT2D eigenvalue weighted by molar-refractivity contribution is -0.143. The van der Waals surface area contributed by atoms with Crippen LogP contribution in [0.4, 0.5) is 32.2 Å². The van der Waals surface area contributed by atoms with Crippen molar-refractivity contribution >= 4 is 22.8 Å². The van der Waals surface area contributed by atoms with Crippen LogP contribution < -0.4 is 16.1 Å². The van der Waals surface area contributed by atoms with Crippen LogP contribution in [0.15, 0.2) is 29.4 Å². The van der Waals surface area contributed by atoms with Crippen molar-refractivity contribution < 1.29 is 26.3 Å². The number of nitrogens with zero attached hydrogens (tertiary/aromatic N) is 6. The molecule has 0 aliphatic heterocycles. The average molecular weight is 559 g/mol. The summed E-state index contributed by atoms with van der Waals surface area (Å²) in [4.78, 5) is 8.29. The van der Waals surface area contributed by atoms with Crippen LogP contribution in [0.3, 0.4) is 0 Å². The van der Waals surface area contributed by atoms with E-state index in [1.807, 2.05) is 38.7 Å². The number of aromatic nitrogens is 3. The fourth-order valence-corrected chi connectivity index (χ4v) is 4.44. The van der Waals surface area contributed by atoms with Gasteiger partial charge in [0.2, 0.25) is 5.96 Å². The Balaban J connectivity index is 2.17. The first-order chi connectivity index (χ1) is 18.1. The second-order valence-corrected chi connectivity index (χ2v) is 9.39. The van der Waals surface area contributed by atoms with E-state index in [2.05, 4.69) is 15.6 Å². The van der Waals surface area contributed by atoms with Crippen LogP contribution in [0.5, 0.6) is 0 Å². The number of hydrogen-bond donors (Lipinski definition) is 2. The molecule has 14 heteroatoms. The minimum atomic E-state index is -4.97. The molecule has 0 fully saturated rings. The number of nitrogens with one attached hydrogen (secondary N) is 1. The molecule has 0 bridgehead atoms. The molecular formula is C25H32F6N8. The molecule has 3 N–H and O–H groups in total. The number of rotatable bonds is 8. The van der Waals surface area contributed by atoms with Gasteiger partial charge in [-0.2, -0.15) is 31.4 Å². The maximum Gasteiger partial charge on any atom is 0.416 e. The molecule has 3 aromatic rings. The number of guanidine groups is 1. The number of anilines is 1. The van der Waals surface area contributed by atoms with E-state index in [-0.39, 0.29) is 36.7 Å². The summed E-state index contributed by atoms with van der Waals surface area (Å²) in [7, 11) is 3.25. The largest absolute Gasteiger partial charge is 0.416 e. The Morgan fingerprint density at radius 1 is 1.05 bits per heavy atom. The van der Waals surface area contributed by atoms with Gasteiger partial charge in [-0.25, -0.2) is 4.98 Å². The number of alkyl halides is 6. The van der Waals surface area contributed by atoms with Crippen molar-refractivity contribution in [2.24, 2.45) is 17.9 Å². The number of aryl methyl sites for hydroxylation is 2. The Bertz CT molecular complexity index is 1310. The Morgan fingerprint density at radius 2 is 1.64 bits per heavy atom. The molecule has 214 valence electrons. The summed E-state index contributed by atoms with van der Waals surface area (Å²) >= 11 is 0. The summed E-state index contributed by atoms with van der Waals surface area (Å²) in [6.07, 6.45) is -9.94. The molecular weight excluding hydrogens is 526 g/mol. The van der Waals surface area contributed by atoms with Crippen molar-refractivity contribution in [2.75, 3.05) is 18.5 Å². The average Bonchev–Trinajstić information content (AvgIpc) is 3.10. The van der Waals surface area contributed by atoms with Gasteiger partial charge in [0, 0.05) is 50.7 Å². The topological polar surface area (TPSA) is 87.6 Å². The number of hydrazone groups is 1. The van der Waals surface area contributed by atoms with E-state index in [0.29, 0.717) is 35.7 Å². The molecule has 1 aromatic carbocycles. The van der Waals surface area contributed by atoms with Crippen molar-refractivity contribution in [3.63, 3.8) is 0 Å². The van der Waals surface area contributed by atoms with E-state index >= 15 is 0 Å². The number of benzene rings is 1. The van der Waals surface area contributed by atoms with Gasteiger partial charge in [0.15, 0.2) is 5.65 Å². The smallest absolute Gasteiger partial charge is 0.368 e. The maximum atomic E-state index is 13.5. The fourth-order valence-electron chi connectivity index (χ4n) is 4.44. The van der Waals surface area contributed by atoms with E-state index in [4.69, 9.17) is 10.7 Å². The summed E-state index contributed by atoms with van der Waals surface area (Å²) in [5, 5.41) is 9.14. The standard InChI is InChI=1S/C25H32F6N8/c1-7-39(14(2)3)21-17(10-20-15(4)36-37(6)22(20)34-21)13-38(23(32)35-33-5)12-16-8-18(24(26,27)28)11-19(9-16)25(29,30)31/h8-11,14,33H,7,12-13H2,1-6H3,(H2,32,35). The van der Waals surface area contributed by atoms with Crippen LogP contribution in [0.1, 0.15) is 48.7 Å². The van der Waals surface area contributed by atoms with E-state index in [1.54, 1.807) is 11.7 Å². The van der Waals surface area contributed by atoms with Crippen LogP contribution in [0.25, 0.3) is 11.0 Å². The lowest BCUT2D eigenvalue weighted by Crippen LogP contribution is -2.39. The third-order valence-corrected chi connectivity index (χ3v) is 6.22. The Hall–Kier alpha value is -3.71. The SMILES string of the molecule is CCN(c1nc2c(cc1CN(Cc1cc(C(F)(F)F)cc(C(F)(F)F)c1)/C(N)=N/NC)c(C)nn2C)C(C)C. The first-order valence-corrected chi connectivity index (χ1v) is 12.2. The fraction of sp³-hybridized carbons (Fsp3) is 0.480. The van der Waals surface area contributed by atoms with Gasteiger partial charge in [0.1, 0.15) is 5.82 Å². The van der Waals surface area contributed by atoms with Crippen molar-refractivity contribution in [2.45, 2.75) is 59.2 Å². The third kappa shape index (κ3) is 6.66. The van der Waals surface area contributed by atoms with Crippen LogP contribution >= 0.6 is 0 Å². The molecule has 0 unspecified atom stereocenters. The normalized spacial score (nSPS) is 12.9. The quantitative estimate of drug-likeness (QED) is 0.175. The molecule has 0 aliphatic rings. The van der Waals surface area contributed by atoms with Gasteiger partial charge in [-0.15, -0.1) is 5.10 Å². The van der Waals surface area contributed by atoms with Crippen LogP contribution in [0, 0.1) is 6.92 Å². The number of fused-ring (bicyclic) bond motifs is 1. The molecule has 3 rings (SSSR count). The number of nitrogens with two attached hydrogens (primary N) is 1. The van der Waals surface area contributed by atoms with E-state index in [9.17, 15) is 26.3 Å². The van der Waals surface area contributed by atoms with Gasteiger partial charge in [0.25, 0.3) is 0 Å². The zero-order valence-electron chi connectivity index (χ0n) is 22.5. The van der Waals surface area contributed by atoms with Crippen LogP contribution in [0.2, 0.25) is 0 Å². The van der Waals surface area contributed by atoms with Gasteiger partial charge < -0.3 is 21.0 Å². The molecule has 0 radical (unpaired) electrons. The second-order valence-electron chi connectivity index (χ2n) is 9.39. The Labute approximate surface area is 222 Å². The zero-order chi connectivity index (χ0) is 29.3. The van der Waals surface area contributed by atoms with Crippen molar-refractivity contribution in [1.82, 2.24) is 25.1 Å². The molecule has 0 saturated carbocycles. The highest BCUT2D eigenvalue weighted by Gasteiger charge is 2.37. The van der Waals surface area contributed by atoms with Crippen molar-refractivity contribution in [3.05, 3.63) is 52.2 Å². The monoisotopic (exact) mass is 558 g/mol. The number of halogens is 6. The summed E-state index contributed by atoms with van der Waals surface area (Å²) in [5.74, 6) is 0.482. The van der Waals surface area contributed by atoms with Gasteiger partial charge in [-0.1, -0.05) is 0 Å². The number of hydrogen-bond acceptors (Lipinski definition) is 5. The molecule has 0 atom stereocenters. The minimum Gasteiger partial charge on any atom is -0.368 e. The molecule has 2 aromatic heterocycles. The molecule has 8 nitrogen and oxygen atoms in total. The Morgan fingerprint density at radius 3 is 2.13 bits per heavy atom. The number of pyridine rings is 1. The first kappa shape index (κ1) is 29.8. The van der Waals surface area contributed by atoms with E-state index < -0.39 is 23.5 Å². The third-order valence-electron chi connectivity index (χ3n) is 6.22. The van der Waals surface area contributed by atoms with Gasteiger partial charge >= 0.3 is 12.4 Å². The summed E-state index contributed by atoms with van der Waals surface area (Å²) in [6, 6.07) is 3.39. The maximum absolute atomic E-state index is 13.5. The summed E-state index contributed by atoms with van der Waals surface area (Å²) in [5.41, 5.74) is 7.67. The summed E-state index contributed by atoms with van der Waals surface area (Å²) < 4.78 is 82.6. The van der Waals surface area contributed by atoms with Crippen LogP contribution in [-0.4, -0.2) is 45.3 Å². The Kier molecular flexibility index (Phi) is 8.56. The molecule has 0 saturated heterocycles. The molecule has 39 heavy (non-hydrogen) atoms. The minimum absolute atomic E-state index is 0.00440. The second kappa shape index (κ2) is 11.2. The van der Waals surface area contributed by atoms with Gasteiger partial charge in [-0.05, 0) is 57.5 Å². The van der Waals surface area contributed by atoms with Crippen LogP contribution in [-0.2, 0) is 32.5 Å². The molecule has 0 aliphatic carbocycles.